The molecule has 0 radical (unpaired) electrons. The molecule has 0 fully saturated rings. The summed E-state index contributed by atoms with van der Waals surface area (Å²) in [6, 6.07) is 4.76. The number of nitro benzene ring substituents is 1. The number of benzene rings is 1. The third kappa shape index (κ3) is 2.09. The summed E-state index contributed by atoms with van der Waals surface area (Å²) in [4.78, 5) is 10.1. The summed E-state index contributed by atoms with van der Waals surface area (Å²) in [5.41, 5.74) is 7.84. The van der Waals surface area contributed by atoms with Crippen molar-refractivity contribution in [3.63, 3.8) is 0 Å². The molecular formula is C10H14N2O2. The normalized spacial score (nSPS) is 12.5. The van der Waals surface area contributed by atoms with Crippen LogP contribution in [0.15, 0.2) is 18.2 Å². The van der Waals surface area contributed by atoms with E-state index in [9.17, 15) is 10.1 Å². The lowest BCUT2D eigenvalue weighted by molar-refractivity contribution is -0.384. The minimum atomic E-state index is -0.395. The van der Waals surface area contributed by atoms with Crippen LogP contribution in [0.3, 0.4) is 0 Å². The largest absolute Gasteiger partial charge is 0.324 e. The molecule has 0 aliphatic carbocycles. The van der Waals surface area contributed by atoms with Crippen molar-refractivity contribution < 1.29 is 4.92 Å². The molecule has 1 rings (SSSR count). The molecule has 4 heteroatoms. The number of nitro groups is 1. The maximum absolute atomic E-state index is 10.5. The first-order valence-corrected chi connectivity index (χ1v) is 4.56. The van der Waals surface area contributed by atoms with Gasteiger partial charge in [-0.1, -0.05) is 13.0 Å². The predicted octanol–water partition coefficient (Wildman–Crippen LogP) is 2.31. The zero-order valence-corrected chi connectivity index (χ0v) is 8.36. The van der Waals surface area contributed by atoms with E-state index >= 15 is 0 Å². The molecule has 0 amide bonds. The van der Waals surface area contributed by atoms with Crippen LogP contribution in [0.4, 0.5) is 5.69 Å². The van der Waals surface area contributed by atoms with Gasteiger partial charge in [0.25, 0.3) is 5.69 Å². The second-order valence-corrected chi connectivity index (χ2v) is 3.31. The van der Waals surface area contributed by atoms with E-state index in [1.54, 1.807) is 12.1 Å². The Labute approximate surface area is 82.9 Å². The standard InChI is InChI=1S/C10H14N2O2/c1-3-10(11)9-5-4-8(12(13)14)6-7(9)2/h4-6,10H,3,11H2,1-2H3/t10-/m1/s1. The Morgan fingerprint density at radius 1 is 1.57 bits per heavy atom. The smallest absolute Gasteiger partial charge is 0.269 e. The summed E-state index contributed by atoms with van der Waals surface area (Å²) >= 11 is 0. The quantitative estimate of drug-likeness (QED) is 0.593. The average molecular weight is 194 g/mol. The molecule has 0 saturated heterocycles. The average Bonchev–Trinajstić information content (AvgIpc) is 2.16. The third-order valence-corrected chi connectivity index (χ3v) is 2.30. The van der Waals surface area contributed by atoms with E-state index < -0.39 is 4.92 Å². The summed E-state index contributed by atoms with van der Waals surface area (Å²) in [7, 11) is 0. The molecule has 1 aromatic rings. The second kappa shape index (κ2) is 4.19. The van der Waals surface area contributed by atoms with Gasteiger partial charge in [-0.05, 0) is 24.5 Å². The van der Waals surface area contributed by atoms with Crippen LogP contribution < -0.4 is 5.73 Å². The highest BCUT2D eigenvalue weighted by Gasteiger charge is 2.11. The highest BCUT2D eigenvalue weighted by molar-refractivity contribution is 5.40. The molecular weight excluding hydrogens is 180 g/mol. The Bertz CT molecular complexity index is 350. The molecule has 14 heavy (non-hydrogen) atoms. The Hall–Kier alpha value is -1.42. The maximum atomic E-state index is 10.5. The van der Waals surface area contributed by atoms with Gasteiger partial charge in [0.05, 0.1) is 4.92 Å². The number of nitrogens with zero attached hydrogens (tertiary/aromatic N) is 1. The monoisotopic (exact) mass is 194 g/mol. The first-order chi connectivity index (χ1) is 6.56. The minimum absolute atomic E-state index is 0.0317. The zero-order chi connectivity index (χ0) is 10.7. The van der Waals surface area contributed by atoms with Crippen molar-refractivity contribution in [1.29, 1.82) is 0 Å². The van der Waals surface area contributed by atoms with Crippen molar-refractivity contribution in [2.45, 2.75) is 26.3 Å². The summed E-state index contributed by atoms with van der Waals surface area (Å²) in [6.45, 7) is 3.84. The van der Waals surface area contributed by atoms with Gasteiger partial charge in [0.1, 0.15) is 0 Å². The summed E-state index contributed by atoms with van der Waals surface area (Å²) in [5, 5.41) is 10.5. The van der Waals surface area contributed by atoms with Crippen molar-refractivity contribution in [3.8, 4) is 0 Å². The van der Waals surface area contributed by atoms with Gasteiger partial charge in [0.2, 0.25) is 0 Å². The summed E-state index contributed by atoms with van der Waals surface area (Å²) < 4.78 is 0. The fraction of sp³-hybridized carbons (Fsp3) is 0.400. The van der Waals surface area contributed by atoms with Crippen LogP contribution >= 0.6 is 0 Å². The minimum Gasteiger partial charge on any atom is -0.324 e. The lowest BCUT2D eigenvalue weighted by Crippen LogP contribution is -2.10. The maximum Gasteiger partial charge on any atom is 0.269 e. The van der Waals surface area contributed by atoms with Crippen LogP contribution in [0.2, 0.25) is 0 Å². The van der Waals surface area contributed by atoms with Crippen molar-refractivity contribution >= 4 is 5.69 Å². The van der Waals surface area contributed by atoms with Crippen LogP contribution in [0.5, 0.6) is 0 Å². The Balaban J connectivity index is 3.07. The highest BCUT2D eigenvalue weighted by atomic mass is 16.6. The van der Waals surface area contributed by atoms with Crippen molar-refractivity contribution in [2.24, 2.45) is 5.73 Å². The van der Waals surface area contributed by atoms with Gasteiger partial charge in [0.15, 0.2) is 0 Å². The number of non-ortho nitro benzene ring substituents is 1. The SMILES string of the molecule is CC[C@@H](N)c1ccc([N+](=O)[O-])cc1C. The fourth-order valence-electron chi connectivity index (χ4n) is 1.41. The van der Waals surface area contributed by atoms with Crippen LogP contribution in [0.1, 0.15) is 30.5 Å². The highest BCUT2D eigenvalue weighted by Crippen LogP contribution is 2.22. The zero-order valence-electron chi connectivity index (χ0n) is 8.36. The molecule has 0 unspecified atom stereocenters. The molecule has 0 bridgehead atoms. The van der Waals surface area contributed by atoms with E-state index in [0.717, 1.165) is 17.5 Å². The molecule has 1 aromatic carbocycles. The van der Waals surface area contributed by atoms with E-state index in [1.165, 1.54) is 6.07 Å². The summed E-state index contributed by atoms with van der Waals surface area (Å²) in [6.07, 6.45) is 0.832. The van der Waals surface area contributed by atoms with E-state index in [-0.39, 0.29) is 11.7 Å². The fourth-order valence-corrected chi connectivity index (χ4v) is 1.41. The molecule has 0 saturated carbocycles. The van der Waals surface area contributed by atoms with Gasteiger partial charge in [-0.15, -0.1) is 0 Å². The number of nitrogens with two attached hydrogens (primary N) is 1. The predicted molar refractivity (Wildman–Crippen MR) is 55.1 cm³/mol. The van der Waals surface area contributed by atoms with Gasteiger partial charge >= 0.3 is 0 Å². The van der Waals surface area contributed by atoms with Crippen LogP contribution in [0.25, 0.3) is 0 Å². The molecule has 0 spiro atoms. The molecule has 76 valence electrons. The molecule has 0 heterocycles. The molecule has 0 aliphatic heterocycles. The van der Waals surface area contributed by atoms with Crippen LogP contribution in [-0.2, 0) is 0 Å². The first-order valence-electron chi connectivity index (χ1n) is 4.56. The number of rotatable bonds is 3. The van der Waals surface area contributed by atoms with Crippen molar-refractivity contribution in [3.05, 3.63) is 39.4 Å². The van der Waals surface area contributed by atoms with Gasteiger partial charge in [-0.2, -0.15) is 0 Å². The van der Waals surface area contributed by atoms with E-state index in [0.29, 0.717) is 0 Å². The van der Waals surface area contributed by atoms with E-state index in [1.807, 2.05) is 13.8 Å². The first kappa shape index (κ1) is 10.7. The Kier molecular flexibility index (Phi) is 3.19. The third-order valence-electron chi connectivity index (χ3n) is 2.30. The topological polar surface area (TPSA) is 69.2 Å². The van der Waals surface area contributed by atoms with E-state index in [2.05, 4.69) is 0 Å². The van der Waals surface area contributed by atoms with Crippen LogP contribution in [-0.4, -0.2) is 4.92 Å². The van der Waals surface area contributed by atoms with Crippen LogP contribution in [0, 0.1) is 17.0 Å². The van der Waals surface area contributed by atoms with Crippen molar-refractivity contribution in [2.75, 3.05) is 0 Å². The molecule has 2 N–H and O–H groups in total. The molecule has 4 nitrogen and oxygen atoms in total. The Morgan fingerprint density at radius 2 is 2.21 bits per heavy atom. The Morgan fingerprint density at radius 3 is 2.64 bits per heavy atom. The summed E-state index contributed by atoms with van der Waals surface area (Å²) in [5.74, 6) is 0. The molecule has 0 aromatic heterocycles. The van der Waals surface area contributed by atoms with Crippen molar-refractivity contribution in [1.82, 2.24) is 0 Å². The lowest BCUT2D eigenvalue weighted by atomic mass is 10.00. The number of aryl methyl sites for hydroxylation is 1. The van der Waals surface area contributed by atoms with Gasteiger partial charge < -0.3 is 5.73 Å². The van der Waals surface area contributed by atoms with E-state index in [4.69, 9.17) is 5.73 Å². The molecule has 0 aliphatic rings. The number of hydrogen-bond acceptors (Lipinski definition) is 3. The van der Waals surface area contributed by atoms with Gasteiger partial charge in [-0.25, -0.2) is 0 Å². The molecule has 1 atom stereocenters. The number of hydrogen-bond donors (Lipinski definition) is 1. The second-order valence-electron chi connectivity index (χ2n) is 3.31. The van der Waals surface area contributed by atoms with Gasteiger partial charge in [0, 0.05) is 18.2 Å². The van der Waals surface area contributed by atoms with Gasteiger partial charge in [-0.3, -0.25) is 10.1 Å². The lowest BCUT2D eigenvalue weighted by Gasteiger charge is -2.11.